The van der Waals surface area contributed by atoms with Crippen LogP contribution in [0.25, 0.3) is 0 Å². The standard InChI is InChI=1S/C13H20N4O6S/c18-11(15-8-3-13(4-8)6-14-7-13)10-2-1-9-5-16(10)12(19)17(9)23-24(20,21)22/h8-10,14H,1-7H2,(H,15,18)(H,20,21,22)/t9-,10-/m1/s1. The fourth-order valence-corrected chi connectivity index (χ4v) is 4.64. The van der Waals surface area contributed by atoms with Crippen molar-refractivity contribution in [1.82, 2.24) is 20.6 Å². The molecule has 3 amide bonds. The van der Waals surface area contributed by atoms with Crippen LogP contribution < -0.4 is 10.6 Å². The summed E-state index contributed by atoms with van der Waals surface area (Å²) in [5.41, 5.74) is 0.346. The molecule has 0 aromatic heterocycles. The summed E-state index contributed by atoms with van der Waals surface area (Å²) >= 11 is 0. The second-order valence-electron chi connectivity index (χ2n) is 7.23. The number of carbonyl (C=O) groups excluding carboxylic acids is 2. The maximum atomic E-state index is 12.5. The Kier molecular flexibility index (Phi) is 3.53. The van der Waals surface area contributed by atoms with Crippen molar-refractivity contribution in [2.75, 3.05) is 19.6 Å². The van der Waals surface area contributed by atoms with Crippen LogP contribution >= 0.6 is 0 Å². The Morgan fingerprint density at radius 2 is 2.04 bits per heavy atom. The van der Waals surface area contributed by atoms with E-state index in [9.17, 15) is 18.0 Å². The van der Waals surface area contributed by atoms with Gasteiger partial charge in [0.2, 0.25) is 5.91 Å². The van der Waals surface area contributed by atoms with E-state index in [-0.39, 0.29) is 18.5 Å². The Balaban J connectivity index is 1.37. The van der Waals surface area contributed by atoms with Gasteiger partial charge in [0.05, 0.1) is 6.04 Å². The lowest BCUT2D eigenvalue weighted by Crippen LogP contribution is -2.66. The van der Waals surface area contributed by atoms with Gasteiger partial charge in [0.15, 0.2) is 0 Å². The van der Waals surface area contributed by atoms with Crippen molar-refractivity contribution in [2.45, 2.75) is 43.8 Å². The average Bonchev–Trinajstić information content (AvgIpc) is 2.64. The van der Waals surface area contributed by atoms with E-state index in [2.05, 4.69) is 14.9 Å². The largest absolute Gasteiger partial charge is 0.418 e. The lowest BCUT2D eigenvalue weighted by molar-refractivity contribution is -0.129. The summed E-state index contributed by atoms with van der Waals surface area (Å²) < 4.78 is 34.8. The molecule has 1 saturated carbocycles. The Morgan fingerprint density at radius 3 is 2.62 bits per heavy atom. The Labute approximate surface area is 139 Å². The number of hydrogen-bond donors (Lipinski definition) is 3. The monoisotopic (exact) mass is 360 g/mol. The molecular weight excluding hydrogens is 340 g/mol. The van der Waals surface area contributed by atoms with Crippen LogP contribution in [0, 0.1) is 5.41 Å². The maximum absolute atomic E-state index is 12.5. The van der Waals surface area contributed by atoms with E-state index in [4.69, 9.17) is 4.55 Å². The van der Waals surface area contributed by atoms with Gasteiger partial charge in [-0.25, -0.2) is 4.79 Å². The van der Waals surface area contributed by atoms with Crippen molar-refractivity contribution in [3.63, 3.8) is 0 Å². The van der Waals surface area contributed by atoms with Crippen LogP contribution in [0.15, 0.2) is 0 Å². The van der Waals surface area contributed by atoms with Gasteiger partial charge in [-0.2, -0.15) is 13.5 Å². The lowest BCUT2D eigenvalue weighted by Gasteiger charge is -2.54. The third-order valence-electron chi connectivity index (χ3n) is 5.51. The molecule has 4 fully saturated rings. The van der Waals surface area contributed by atoms with Crippen molar-refractivity contribution < 1.29 is 26.8 Å². The second kappa shape index (κ2) is 5.28. The highest BCUT2D eigenvalue weighted by molar-refractivity contribution is 7.80. The number of piperidine rings is 1. The van der Waals surface area contributed by atoms with Crippen molar-refractivity contribution in [3.8, 4) is 0 Å². The zero-order valence-corrected chi connectivity index (χ0v) is 13.8. The molecule has 0 aromatic rings. The number of urea groups is 1. The van der Waals surface area contributed by atoms with E-state index < -0.39 is 28.5 Å². The fourth-order valence-electron chi connectivity index (χ4n) is 4.26. The van der Waals surface area contributed by atoms with Gasteiger partial charge >= 0.3 is 16.4 Å². The molecule has 0 unspecified atom stereocenters. The van der Waals surface area contributed by atoms with Crippen LogP contribution in [0.5, 0.6) is 0 Å². The van der Waals surface area contributed by atoms with Gasteiger partial charge in [-0.1, -0.05) is 0 Å². The molecule has 11 heteroatoms. The number of hydroxylamine groups is 2. The Bertz CT molecular complexity index is 670. The van der Waals surface area contributed by atoms with Gasteiger partial charge in [-0.15, -0.1) is 4.28 Å². The van der Waals surface area contributed by atoms with Crippen LogP contribution in [-0.4, -0.2) is 72.6 Å². The first-order valence-electron chi connectivity index (χ1n) is 8.04. The Morgan fingerprint density at radius 1 is 1.33 bits per heavy atom. The number of rotatable bonds is 4. The topological polar surface area (TPSA) is 128 Å². The zero-order chi connectivity index (χ0) is 17.1. The number of carbonyl (C=O) groups is 2. The zero-order valence-electron chi connectivity index (χ0n) is 13.0. The van der Waals surface area contributed by atoms with Gasteiger partial charge < -0.3 is 15.5 Å². The smallest absolute Gasteiger partial charge is 0.352 e. The molecule has 0 aromatic carbocycles. The molecule has 3 saturated heterocycles. The Hall–Kier alpha value is -1.43. The van der Waals surface area contributed by atoms with Crippen molar-refractivity contribution in [1.29, 1.82) is 0 Å². The molecule has 1 aliphatic carbocycles. The summed E-state index contributed by atoms with van der Waals surface area (Å²) in [6.45, 7) is 2.21. The minimum atomic E-state index is -4.77. The number of nitrogens with one attached hydrogen (secondary N) is 2. The molecule has 134 valence electrons. The highest BCUT2D eigenvalue weighted by Gasteiger charge is 2.52. The van der Waals surface area contributed by atoms with Crippen LogP contribution in [0.2, 0.25) is 0 Å². The minimum Gasteiger partial charge on any atom is -0.352 e. The van der Waals surface area contributed by atoms with Crippen LogP contribution in [0.4, 0.5) is 4.79 Å². The fraction of sp³-hybridized carbons (Fsp3) is 0.846. The van der Waals surface area contributed by atoms with Gasteiger partial charge in [0, 0.05) is 25.7 Å². The van der Waals surface area contributed by atoms with Gasteiger partial charge in [-0.05, 0) is 31.1 Å². The van der Waals surface area contributed by atoms with E-state index in [1.165, 1.54) is 4.90 Å². The molecule has 3 N–H and O–H groups in total. The highest BCUT2D eigenvalue weighted by atomic mass is 32.3. The van der Waals surface area contributed by atoms with Crippen molar-refractivity contribution in [3.05, 3.63) is 0 Å². The van der Waals surface area contributed by atoms with E-state index in [1.807, 2.05) is 0 Å². The van der Waals surface area contributed by atoms with Gasteiger partial charge in [-0.3, -0.25) is 9.35 Å². The molecule has 3 aliphatic heterocycles. The SMILES string of the molecule is O=C(NC1CC2(CNC2)C1)[C@H]1CC[C@@H]2CN1C(=O)N2OS(=O)(=O)O. The molecule has 1 spiro atoms. The molecule has 10 nitrogen and oxygen atoms in total. The minimum absolute atomic E-state index is 0.139. The summed E-state index contributed by atoms with van der Waals surface area (Å²) in [4.78, 5) is 26.1. The van der Waals surface area contributed by atoms with Gasteiger partial charge in [0.25, 0.3) is 0 Å². The summed E-state index contributed by atoms with van der Waals surface area (Å²) in [5, 5.41) is 6.88. The summed E-state index contributed by atoms with van der Waals surface area (Å²) in [6.07, 6.45) is 2.78. The predicted octanol–water partition coefficient (Wildman–Crippen LogP) is -1.14. The number of nitrogens with zero attached hydrogens (tertiary/aromatic N) is 2. The summed E-state index contributed by atoms with van der Waals surface area (Å²) in [6, 6.07) is -1.67. The molecule has 4 aliphatic rings. The van der Waals surface area contributed by atoms with Crippen molar-refractivity contribution in [2.24, 2.45) is 5.41 Å². The first-order chi connectivity index (χ1) is 11.3. The third-order valence-corrected chi connectivity index (χ3v) is 5.85. The van der Waals surface area contributed by atoms with Crippen LogP contribution in [0.3, 0.4) is 0 Å². The van der Waals surface area contributed by atoms with E-state index in [1.54, 1.807) is 0 Å². The van der Waals surface area contributed by atoms with E-state index >= 15 is 0 Å². The average molecular weight is 360 g/mol. The van der Waals surface area contributed by atoms with Crippen LogP contribution in [-0.2, 0) is 19.5 Å². The van der Waals surface area contributed by atoms with E-state index in [0.29, 0.717) is 23.3 Å². The molecule has 24 heavy (non-hydrogen) atoms. The summed E-state index contributed by atoms with van der Waals surface area (Å²) in [7, 11) is -4.77. The lowest BCUT2D eigenvalue weighted by atomic mass is 9.61. The van der Waals surface area contributed by atoms with E-state index in [0.717, 1.165) is 25.9 Å². The highest BCUT2D eigenvalue weighted by Crippen LogP contribution is 2.44. The molecule has 4 rings (SSSR count). The predicted molar refractivity (Wildman–Crippen MR) is 79.9 cm³/mol. The number of amides is 3. The molecule has 0 radical (unpaired) electrons. The summed E-state index contributed by atoms with van der Waals surface area (Å²) in [5.74, 6) is -0.206. The number of fused-ring (bicyclic) bond motifs is 2. The normalized spacial score (nSPS) is 31.8. The number of hydrogen-bond acceptors (Lipinski definition) is 6. The molecular formula is C13H20N4O6S. The molecule has 2 bridgehead atoms. The molecule has 2 atom stereocenters. The van der Waals surface area contributed by atoms with Crippen LogP contribution in [0.1, 0.15) is 25.7 Å². The van der Waals surface area contributed by atoms with Crippen molar-refractivity contribution >= 4 is 22.3 Å². The third kappa shape index (κ3) is 2.65. The molecule has 3 heterocycles. The maximum Gasteiger partial charge on any atom is 0.418 e. The first kappa shape index (κ1) is 16.1. The first-order valence-corrected chi connectivity index (χ1v) is 9.41. The quantitative estimate of drug-likeness (QED) is 0.541. The second-order valence-corrected chi connectivity index (χ2v) is 8.23. The van der Waals surface area contributed by atoms with Gasteiger partial charge in [0.1, 0.15) is 6.04 Å².